The molecular weight excluding hydrogens is 387 g/mol. The molecule has 3 saturated heterocycles. The highest BCUT2D eigenvalue weighted by atomic mass is 19.1. The van der Waals surface area contributed by atoms with Crippen LogP contribution in [0.2, 0.25) is 0 Å². The number of halogens is 1. The van der Waals surface area contributed by atoms with Gasteiger partial charge in [-0.3, -0.25) is 14.6 Å². The van der Waals surface area contributed by atoms with Crippen molar-refractivity contribution >= 4 is 12.0 Å². The quantitative estimate of drug-likeness (QED) is 0.724. The fraction of sp³-hybridized carbons (Fsp3) is 0.909. The second-order valence-corrected chi connectivity index (χ2v) is 10.2. The van der Waals surface area contributed by atoms with Gasteiger partial charge < -0.3 is 15.4 Å². The van der Waals surface area contributed by atoms with E-state index in [1.807, 2.05) is 4.90 Å². The van der Waals surface area contributed by atoms with E-state index in [0.29, 0.717) is 31.4 Å². The fourth-order valence-electron chi connectivity index (χ4n) is 6.57. The van der Waals surface area contributed by atoms with Crippen molar-refractivity contribution in [2.45, 2.75) is 88.3 Å². The predicted octanol–water partition coefficient (Wildman–Crippen LogP) is 1.66. The van der Waals surface area contributed by atoms with Crippen molar-refractivity contribution < 1.29 is 18.7 Å². The maximum atomic E-state index is 14.4. The maximum absolute atomic E-state index is 14.4. The van der Waals surface area contributed by atoms with Crippen molar-refractivity contribution in [3.8, 4) is 0 Å². The Balaban J connectivity index is 1.14. The zero-order valence-electron chi connectivity index (χ0n) is 17.9. The topological polar surface area (TPSA) is 73.9 Å². The zero-order chi connectivity index (χ0) is 20.8. The first-order valence-corrected chi connectivity index (χ1v) is 11.9. The molecule has 0 aromatic rings. The summed E-state index contributed by atoms with van der Waals surface area (Å²) in [5.41, 5.74) is 0. The Labute approximate surface area is 178 Å². The van der Waals surface area contributed by atoms with E-state index in [4.69, 9.17) is 4.74 Å². The first-order chi connectivity index (χ1) is 14.5. The highest BCUT2D eigenvalue weighted by Gasteiger charge is 2.47. The Morgan fingerprint density at radius 2 is 2.03 bits per heavy atom. The van der Waals surface area contributed by atoms with Crippen LogP contribution >= 0.6 is 0 Å². The van der Waals surface area contributed by atoms with Crippen molar-refractivity contribution in [3.05, 3.63) is 0 Å². The molecule has 3 aliphatic heterocycles. The number of alkyl halides is 1. The monoisotopic (exact) mass is 422 g/mol. The van der Waals surface area contributed by atoms with E-state index in [1.54, 1.807) is 0 Å². The van der Waals surface area contributed by atoms with E-state index in [1.165, 1.54) is 0 Å². The molecule has 2 aliphatic carbocycles. The highest BCUT2D eigenvalue weighted by Crippen LogP contribution is 2.38. The summed E-state index contributed by atoms with van der Waals surface area (Å²) in [5, 5.41) is 6.74. The van der Waals surface area contributed by atoms with Crippen LogP contribution in [-0.4, -0.2) is 84.4 Å². The van der Waals surface area contributed by atoms with E-state index in [-0.39, 0.29) is 42.1 Å². The first-order valence-electron chi connectivity index (χ1n) is 11.9. The minimum Gasteiger partial charge on any atom is -0.447 e. The lowest BCUT2D eigenvalue weighted by atomic mass is 9.77. The third kappa shape index (κ3) is 3.81. The standard InChI is InChI=1S/C22H35FN4O3/c1-13-5-6-18(23)17-10-19(25-20(13)17)21(28)24-14-3-2-4-15(9-14)26-7-8-27-16(11-26)12-30-22(27)29/h13-20,25H,2-12H2,1H3,(H,24,28)/t13?,14-,15-,16?,17?,18?,19?,20?/m1/s1. The Morgan fingerprint density at radius 1 is 1.17 bits per heavy atom. The summed E-state index contributed by atoms with van der Waals surface area (Å²) < 4.78 is 19.6. The van der Waals surface area contributed by atoms with Gasteiger partial charge in [0.15, 0.2) is 0 Å². The summed E-state index contributed by atoms with van der Waals surface area (Å²) in [5.74, 6) is 0.467. The molecule has 0 aromatic carbocycles. The number of hydrogen-bond acceptors (Lipinski definition) is 5. The number of ether oxygens (including phenoxy) is 1. The van der Waals surface area contributed by atoms with Crippen LogP contribution in [0.25, 0.3) is 0 Å². The summed E-state index contributed by atoms with van der Waals surface area (Å²) in [4.78, 5) is 29.0. The lowest BCUT2D eigenvalue weighted by Gasteiger charge is -2.43. The molecule has 168 valence electrons. The van der Waals surface area contributed by atoms with Gasteiger partial charge in [0, 0.05) is 43.7 Å². The van der Waals surface area contributed by atoms with Crippen molar-refractivity contribution in [2.24, 2.45) is 11.8 Å². The number of hydrogen-bond donors (Lipinski definition) is 2. The number of rotatable bonds is 3. The molecule has 2 amide bonds. The Kier molecular flexibility index (Phi) is 5.64. The molecule has 5 aliphatic rings. The number of nitrogens with zero attached hydrogens (tertiary/aromatic N) is 2. The van der Waals surface area contributed by atoms with Gasteiger partial charge in [0.1, 0.15) is 12.8 Å². The first kappa shape index (κ1) is 20.5. The summed E-state index contributed by atoms with van der Waals surface area (Å²) >= 11 is 0. The van der Waals surface area contributed by atoms with Gasteiger partial charge in [-0.25, -0.2) is 9.18 Å². The molecule has 0 aromatic heterocycles. The number of piperazine rings is 1. The van der Waals surface area contributed by atoms with Crippen LogP contribution in [0.15, 0.2) is 0 Å². The van der Waals surface area contributed by atoms with Crippen molar-refractivity contribution in [3.63, 3.8) is 0 Å². The normalized spacial score (nSPS) is 44.3. The van der Waals surface area contributed by atoms with Crippen LogP contribution in [-0.2, 0) is 9.53 Å². The molecule has 0 radical (unpaired) electrons. The Morgan fingerprint density at radius 3 is 2.87 bits per heavy atom. The van der Waals surface area contributed by atoms with Crippen LogP contribution < -0.4 is 10.6 Å². The number of amides is 2. The van der Waals surface area contributed by atoms with Crippen molar-refractivity contribution in [1.82, 2.24) is 20.4 Å². The fourth-order valence-corrected chi connectivity index (χ4v) is 6.57. The number of fused-ring (bicyclic) bond motifs is 2. The van der Waals surface area contributed by atoms with Crippen LogP contribution in [0.5, 0.6) is 0 Å². The average molecular weight is 423 g/mol. The average Bonchev–Trinajstić information content (AvgIpc) is 3.36. The molecule has 0 spiro atoms. The van der Waals surface area contributed by atoms with Gasteiger partial charge in [-0.05, 0) is 50.9 Å². The third-order valence-corrected chi connectivity index (χ3v) is 8.31. The molecule has 2 N–H and O–H groups in total. The van der Waals surface area contributed by atoms with E-state index in [2.05, 4.69) is 22.5 Å². The third-order valence-electron chi connectivity index (χ3n) is 8.31. The van der Waals surface area contributed by atoms with Gasteiger partial charge in [-0.2, -0.15) is 0 Å². The molecule has 7 nitrogen and oxygen atoms in total. The largest absolute Gasteiger partial charge is 0.447 e. The molecule has 5 rings (SSSR count). The number of cyclic esters (lactones) is 1. The molecule has 30 heavy (non-hydrogen) atoms. The van der Waals surface area contributed by atoms with Gasteiger partial charge in [-0.1, -0.05) is 6.92 Å². The van der Waals surface area contributed by atoms with Crippen LogP contribution in [0, 0.1) is 11.8 Å². The molecule has 8 atom stereocenters. The van der Waals surface area contributed by atoms with Gasteiger partial charge in [0.05, 0.1) is 12.1 Å². The summed E-state index contributed by atoms with van der Waals surface area (Å²) in [6.07, 6.45) is 5.40. The van der Waals surface area contributed by atoms with Gasteiger partial charge >= 0.3 is 6.09 Å². The van der Waals surface area contributed by atoms with E-state index < -0.39 is 6.17 Å². The summed E-state index contributed by atoms with van der Waals surface area (Å²) in [7, 11) is 0. The Hall–Kier alpha value is -1.41. The van der Waals surface area contributed by atoms with E-state index >= 15 is 0 Å². The molecule has 2 saturated carbocycles. The minimum absolute atomic E-state index is 0.0174. The van der Waals surface area contributed by atoms with Gasteiger partial charge in [-0.15, -0.1) is 0 Å². The maximum Gasteiger partial charge on any atom is 0.410 e. The van der Waals surface area contributed by atoms with E-state index in [0.717, 1.165) is 51.7 Å². The molecule has 0 bridgehead atoms. The lowest BCUT2D eigenvalue weighted by Crippen LogP contribution is -2.57. The smallest absolute Gasteiger partial charge is 0.410 e. The molecule has 3 heterocycles. The zero-order valence-corrected chi connectivity index (χ0v) is 17.9. The SMILES string of the molecule is CC1CCC(F)C2CC(C(=O)N[C@@H]3CCC[C@@H](N4CCN5C(=O)OCC5C4)C3)NC12. The van der Waals surface area contributed by atoms with Gasteiger partial charge in [0.2, 0.25) is 5.91 Å². The van der Waals surface area contributed by atoms with Crippen LogP contribution in [0.1, 0.15) is 51.9 Å². The van der Waals surface area contributed by atoms with Gasteiger partial charge in [0.25, 0.3) is 0 Å². The van der Waals surface area contributed by atoms with E-state index in [9.17, 15) is 14.0 Å². The Bertz CT molecular complexity index is 661. The number of carbonyl (C=O) groups is 2. The second-order valence-electron chi connectivity index (χ2n) is 10.2. The van der Waals surface area contributed by atoms with Crippen LogP contribution in [0.3, 0.4) is 0 Å². The summed E-state index contributed by atoms with van der Waals surface area (Å²) in [6, 6.07) is 0.665. The highest BCUT2D eigenvalue weighted by molar-refractivity contribution is 5.82. The minimum atomic E-state index is -0.777. The summed E-state index contributed by atoms with van der Waals surface area (Å²) in [6.45, 7) is 5.13. The van der Waals surface area contributed by atoms with Crippen molar-refractivity contribution in [2.75, 3.05) is 26.2 Å². The van der Waals surface area contributed by atoms with Crippen LogP contribution in [0.4, 0.5) is 9.18 Å². The predicted molar refractivity (Wildman–Crippen MR) is 110 cm³/mol. The molecular formula is C22H35FN4O3. The molecule has 8 heteroatoms. The molecule has 5 fully saturated rings. The molecule has 6 unspecified atom stereocenters. The second kappa shape index (κ2) is 8.26. The van der Waals surface area contributed by atoms with Crippen molar-refractivity contribution in [1.29, 1.82) is 0 Å². The number of carbonyl (C=O) groups excluding carboxylic acids is 2. The lowest BCUT2D eigenvalue weighted by molar-refractivity contribution is -0.124. The number of nitrogens with one attached hydrogen (secondary N) is 2.